The Hall–Kier alpha value is 10.1. The molecule has 0 aromatic carbocycles. The Morgan fingerprint density at radius 3 is 0.406 bits per heavy atom. The molecule has 8 radical (unpaired) electrons. The molecule has 0 bridgehead atoms. The zero-order valence-electron chi connectivity index (χ0n) is 18.6. The van der Waals surface area contributed by atoms with Crippen molar-refractivity contribution in [2.24, 2.45) is 0 Å². The van der Waals surface area contributed by atoms with Crippen molar-refractivity contribution in [2.45, 2.75) is 41.5 Å². The van der Waals surface area contributed by atoms with E-state index in [-0.39, 0.29) is 192 Å². The molecule has 0 aliphatic rings. The first-order chi connectivity index (χ1) is 10.7. The molecule has 0 fully saturated rings. The van der Waals surface area contributed by atoms with Crippen molar-refractivity contribution in [1.29, 1.82) is 0 Å². The molecular formula is C12H40Cl4Os2P2Re4Se8+2. The van der Waals surface area contributed by atoms with Crippen LogP contribution in [0.2, 0.25) is 0 Å². The normalized spacial score (nSPS) is 5.25. The standard InChI is InChI=1S/2C6H15P.4ClH.2Os.4Re.8HSe/c2*1-4-7(5-2)6-3;;;;;;;;;;;;;;;;;;/h2*4-6H2,1-3H3;4*1H;;;;;;;8*1H/q;;;;;;;;4*+1;;;;;;;;/p-2. The average molecular weight is 2150 g/mol. The van der Waals surface area contributed by atoms with Crippen LogP contribution in [0.5, 0.6) is 0 Å². The molecule has 0 atom stereocenters. The van der Waals surface area contributed by atoms with Gasteiger partial charge in [0.05, 0.1) is 37.0 Å². The van der Waals surface area contributed by atoms with E-state index in [0.29, 0.717) is 0 Å². The van der Waals surface area contributed by atoms with Crippen molar-refractivity contribution in [2.75, 3.05) is 37.0 Å². The van der Waals surface area contributed by atoms with Gasteiger partial charge in [0.25, 0.3) is 0 Å². The molecule has 0 heterocycles. The van der Waals surface area contributed by atoms with Crippen LogP contribution >= 0.6 is 54.0 Å². The van der Waals surface area contributed by atoms with Crippen LogP contribution in [0.4, 0.5) is 0 Å². The summed E-state index contributed by atoms with van der Waals surface area (Å²) in [5, 5.41) is 0. The van der Waals surface area contributed by atoms with Gasteiger partial charge in [-0.3, -0.25) is 0 Å². The quantitative estimate of drug-likeness (QED) is 0.283. The first kappa shape index (κ1) is 104. The molecule has 0 spiro atoms. The van der Waals surface area contributed by atoms with Crippen LogP contribution in [-0.4, -0.2) is 174 Å². The molecule has 0 saturated carbocycles. The summed E-state index contributed by atoms with van der Waals surface area (Å²) >= 11 is 4.78. The molecule has 0 nitrogen and oxygen atoms in total. The monoisotopic (exact) mass is 2160 g/mol. The van der Waals surface area contributed by atoms with Crippen molar-refractivity contribution in [3.63, 3.8) is 0 Å². The molecule has 0 aromatic heterocycles. The molecule has 20 heteroatoms. The Balaban J connectivity index is -0.00000000701. The predicted octanol–water partition coefficient (Wildman–Crippen LogP) is 2.08. The van der Waals surface area contributed by atoms with Crippen LogP contribution < -0.4 is 0 Å². The van der Waals surface area contributed by atoms with Gasteiger partial charge in [-0.15, -0.1) is 0 Å². The van der Waals surface area contributed by atoms with Gasteiger partial charge in [0, 0.05) is 39.6 Å². The SMILES string of the molecule is CC[PH+](CC)CC.CC[PH+](CC)CC.[Cl][Re].[Cl][Re].[Cl][Re].[Cl][Re].[Os].[Os].[SeH].[SeH].[SeH].[SeH].[SeH].[SeH].[SeH].[SeH]. The van der Waals surface area contributed by atoms with Crippen molar-refractivity contribution < 1.29 is 112 Å². The van der Waals surface area contributed by atoms with Gasteiger partial charge in [0.2, 0.25) is 0 Å². The Morgan fingerprint density at radius 1 is 0.344 bits per heavy atom. The van der Waals surface area contributed by atoms with Crippen LogP contribution in [0.1, 0.15) is 41.5 Å². The van der Waals surface area contributed by atoms with Crippen molar-refractivity contribution >= 4 is 191 Å². The van der Waals surface area contributed by atoms with Crippen molar-refractivity contribution in [3.8, 4) is 0 Å². The molecule has 0 aliphatic heterocycles. The first-order valence-electron chi connectivity index (χ1n) is 6.94. The second-order valence-electron chi connectivity index (χ2n) is 3.62. The molecule has 0 unspecified atom stereocenters. The topological polar surface area (TPSA) is 0 Å². The second kappa shape index (κ2) is 135. The molecular weight excluding hydrogens is 2100 g/mol. The average Bonchev–Trinajstić information content (AvgIpc) is 2.65. The van der Waals surface area contributed by atoms with Gasteiger partial charge in [-0.25, -0.2) is 0 Å². The van der Waals surface area contributed by atoms with Crippen LogP contribution in [-0.2, 0) is 112 Å². The minimum atomic E-state index is 0. The summed E-state index contributed by atoms with van der Waals surface area (Å²) < 4.78 is 0. The zero-order chi connectivity index (χ0) is 19.4. The summed E-state index contributed by atoms with van der Waals surface area (Å²) in [5.74, 6) is 0. The molecule has 0 rings (SSSR count). The summed E-state index contributed by atoms with van der Waals surface area (Å²) in [6.07, 6.45) is 8.74. The van der Waals surface area contributed by atoms with Gasteiger partial charge < -0.3 is 0 Å². The van der Waals surface area contributed by atoms with Gasteiger partial charge >= 0.3 is 247 Å². The Kier molecular flexibility index (Phi) is 441. The molecule has 0 aromatic rings. The van der Waals surface area contributed by atoms with Gasteiger partial charge in [0.15, 0.2) is 0 Å². The Labute approximate surface area is 373 Å². The summed E-state index contributed by atoms with van der Waals surface area (Å²) in [5.41, 5.74) is 0. The van der Waals surface area contributed by atoms with E-state index in [0.717, 1.165) is 0 Å². The molecule has 32 heavy (non-hydrogen) atoms. The molecule has 0 N–H and O–H groups in total. The predicted molar refractivity (Wildman–Crippen MR) is 160 cm³/mol. The number of rotatable bonds is 6. The number of hydrogen-bond donors (Lipinski definition) is 0. The van der Waals surface area contributed by atoms with Crippen molar-refractivity contribution in [1.82, 2.24) is 0 Å². The second-order valence-corrected chi connectivity index (χ2v) is 10.9. The molecule has 0 saturated heterocycles. The first-order valence-corrected chi connectivity index (χ1v) is 24.6. The van der Waals surface area contributed by atoms with E-state index >= 15 is 0 Å². The number of halogens is 4. The van der Waals surface area contributed by atoms with Gasteiger partial charge in [-0.1, -0.05) is 0 Å². The third-order valence-electron chi connectivity index (χ3n) is 3.00. The fraction of sp³-hybridized carbons (Fsp3) is 1.00. The van der Waals surface area contributed by atoms with Crippen LogP contribution in [0.3, 0.4) is 0 Å². The maximum atomic E-state index is 4.69. The summed E-state index contributed by atoms with van der Waals surface area (Å²) in [6, 6.07) is 0. The van der Waals surface area contributed by atoms with Gasteiger partial charge in [-0.2, -0.15) is 0 Å². The van der Waals surface area contributed by atoms with E-state index in [4.69, 9.17) is 38.1 Å². The molecule has 216 valence electrons. The fourth-order valence-electron chi connectivity index (χ4n) is 1.50. The van der Waals surface area contributed by atoms with Crippen LogP contribution in [0.25, 0.3) is 0 Å². The van der Waals surface area contributed by atoms with E-state index in [2.05, 4.69) is 41.5 Å². The fourth-order valence-corrected chi connectivity index (χ4v) is 4.50. The molecule has 0 aliphatic carbocycles. The third-order valence-corrected chi connectivity index (χ3v) is 9.00. The molecule has 0 amide bonds. The van der Waals surface area contributed by atoms with E-state index < -0.39 is 0 Å². The third kappa shape index (κ3) is 126. The van der Waals surface area contributed by atoms with E-state index in [1.54, 1.807) is 0 Å². The summed E-state index contributed by atoms with van der Waals surface area (Å²) in [6.45, 7) is 13.8. The van der Waals surface area contributed by atoms with Gasteiger partial charge in [-0.05, 0) is 57.4 Å². The Bertz CT molecular complexity index is 128. The Morgan fingerprint density at radius 2 is 0.406 bits per heavy atom. The summed E-state index contributed by atoms with van der Waals surface area (Å²) in [4.78, 5) is 0. The van der Waals surface area contributed by atoms with E-state index in [9.17, 15) is 0 Å². The van der Waals surface area contributed by atoms with E-state index in [1.807, 2.05) is 0 Å². The van der Waals surface area contributed by atoms with Crippen molar-refractivity contribution in [3.05, 3.63) is 0 Å². The minimum absolute atomic E-state index is 0. The maximum absolute atomic E-state index is 4.69. The van der Waals surface area contributed by atoms with Gasteiger partial charge in [0.1, 0.15) is 0 Å². The zero-order valence-corrected chi connectivity index (χ0v) is 54.5. The number of hydrogen-bond acceptors (Lipinski definition) is 0. The summed E-state index contributed by atoms with van der Waals surface area (Å²) in [7, 11) is 19.1. The van der Waals surface area contributed by atoms with E-state index in [1.165, 1.54) is 110 Å². The van der Waals surface area contributed by atoms with Crippen LogP contribution in [0, 0.1) is 0 Å². The van der Waals surface area contributed by atoms with Crippen LogP contribution in [0.15, 0.2) is 0 Å².